The molecule has 0 aliphatic carbocycles. The van der Waals surface area contributed by atoms with Gasteiger partial charge in [0.25, 0.3) is 11.9 Å². The molecule has 0 fully saturated rings. The average molecular weight is 289 g/mol. The van der Waals surface area contributed by atoms with E-state index in [0.29, 0.717) is 17.9 Å². The van der Waals surface area contributed by atoms with Crippen LogP contribution in [0.1, 0.15) is 37.6 Å². The summed E-state index contributed by atoms with van der Waals surface area (Å²) in [6.07, 6.45) is 0.956. The van der Waals surface area contributed by atoms with Gasteiger partial charge < -0.3 is 4.74 Å². The van der Waals surface area contributed by atoms with Crippen LogP contribution in [-0.4, -0.2) is 32.2 Å². The van der Waals surface area contributed by atoms with Crippen molar-refractivity contribution in [3.63, 3.8) is 0 Å². The van der Waals surface area contributed by atoms with Crippen LogP contribution in [0.3, 0.4) is 0 Å². The molecular weight excluding hydrogens is 270 g/mol. The maximum absolute atomic E-state index is 12.1. The average Bonchev–Trinajstić information content (AvgIpc) is 2.86. The molecule has 0 saturated heterocycles. The topological polar surface area (TPSA) is 81.9 Å². The number of hydrogen-bond donors (Lipinski definition) is 1. The summed E-state index contributed by atoms with van der Waals surface area (Å²) in [5.74, 6) is 0.559. The number of anilines is 1. The van der Waals surface area contributed by atoms with Crippen LogP contribution in [0.15, 0.2) is 24.3 Å². The van der Waals surface area contributed by atoms with E-state index in [1.165, 1.54) is 4.80 Å². The predicted molar refractivity (Wildman–Crippen MR) is 78.3 cm³/mol. The number of carbonyl (C=O) groups excluding carboxylic acids is 1. The van der Waals surface area contributed by atoms with Gasteiger partial charge in [-0.05, 0) is 43.7 Å². The van der Waals surface area contributed by atoms with E-state index >= 15 is 0 Å². The number of ether oxygens (including phenoxy) is 1. The lowest BCUT2D eigenvalue weighted by molar-refractivity contribution is 0.102. The number of rotatable bonds is 6. The second kappa shape index (κ2) is 6.83. The van der Waals surface area contributed by atoms with E-state index in [0.717, 1.165) is 6.42 Å². The summed E-state index contributed by atoms with van der Waals surface area (Å²) in [6, 6.07) is 6.98. The van der Waals surface area contributed by atoms with Gasteiger partial charge in [0.15, 0.2) is 0 Å². The van der Waals surface area contributed by atoms with Gasteiger partial charge in [0.2, 0.25) is 0 Å². The third-order valence-electron chi connectivity index (χ3n) is 2.57. The van der Waals surface area contributed by atoms with Crippen molar-refractivity contribution >= 4 is 11.9 Å². The molecule has 0 aliphatic heterocycles. The molecule has 2 aromatic rings. The zero-order valence-corrected chi connectivity index (χ0v) is 12.4. The van der Waals surface area contributed by atoms with E-state index in [1.54, 1.807) is 18.2 Å². The molecule has 7 nitrogen and oxygen atoms in total. The molecule has 0 unspecified atom stereocenters. The highest BCUT2D eigenvalue weighted by Crippen LogP contribution is 2.15. The van der Waals surface area contributed by atoms with Crippen LogP contribution < -0.4 is 10.1 Å². The second-order valence-electron chi connectivity index (χ2n) is 4.86. The predicted octanol–water partition coefficient (Wildman–Crippen LogP) is 2.12. The van der Waals surface area contributed by atoms with Crippen molar-refractivity contribution in [1.29, 1.82) is 0 Å². The first-order valence-electron chi connectivity index (χ1n) is 6.94. The number of tetrazole rings is 1. The van der Waals surface area contributed by atoms with Crippen molar-refractivity contribution < 1.29 is 9.53 Å². The maximum atomic E-state index is 12.1. The molecule has 0 saturated carbocycles. The second-order valence-corrected chi connectivity index (χ2v) is 4.86. The zero-order chi connectivity index (χ0) is 15.2. The van der Waals surface area contributed by atoms with Crippen molar-refractivity contribution in [3.8, 4) is 5.75 Å². The number of aromatic nitrogens is 4. The van der Waals surface area contributed by atoms with Crippen molar-refractivity contribution in [2.24, 2.45) is 0 Å². The Labute approximate surface area is 123 Å². The first-order valence-corrected chi connectivity index (χ1v) is 6.94. The molecule has 21 heavy (non-hydrogen) atoms. The van der Waals surface area contributed by atoms with E-state index in [4.69, 9.17) is 4.74 Å². The van der Waals surface area contributed by atoms with Crippen LogP contribution in [0.25, 0.3) is 0 Å². The van der Waals surface area contributed by atoms with Gasteiger partial charge in [0.1, 0.15) is 5.75 Å². The summed E-state index contributed by atoms with van der Waals surface area (Å²) in [5.41, 5.74) is 0.486. The minimum atomic E-state index is -0.291. The Balaban J connectivity index is 2.05. The quantitative estimate of drug-likeness (QED) is 0.880. The molecule has 0 aliphatic rings. The van der Waals surface area contributed by atoms with Gasteiger partial charge in [-0.2, -0.15) is 4.80 Å². The number of nitrogens with zero attached hydrogens (tertiary/aromatic N) is 4. The number of hydrogen-bond acceptors (Lipinski definition) is 5. The Morgan fingerprint density at radius 3 is 2.95 bits per heavy atom. The van der Waals surface area contributed by atoms with Crippen molar-refractivity contribution in [2.75, 3.05) is 5.32 Å². The highest BCUT2D eigenvalue weighted by molar-refractivity contribution is 6.03. The first kappa shape index (κ1) is 15.0. The molecule has 0 bridgehead atoms. The van der Waals surface area contributed by atoms with Gasteiger partial charge in [0, 0.05) is 5.56 Å². The fraction of sp³-hybridized carbons (Fsp3) is 0.429. The number of carbonyl (C=O) groups is 1. The lowest BCUT2D eigenvalue weighted by Crippen LogP contribution is -2.14. The minimum absolute atomic E-state index is 0.0546. The normalized spacial score (nSPS) is 10.7. The van der Waals surface area contributed by atoms with E-state index in [1.807, 2.05) is 26.8 Å². The number of amides is 1. The smallest absolute Gasteiger partial charge is 0.270 e. The third kappa shape index (κ3) is 4.27. The summed E-state index contributed by atoms with van der Waals surface area (Å²) < 4.78 is 5.56. The molecule has 1 amide bonds. The van der Waals surface area contributed by atoms with Crippen molar-refractivity contribution in [2.45, 2.75) is 39.8 Å². The van der Waals surface area contributed by atoms with Gasteiger partial charge in [-0.3, -0.25) is 10.1 Å². The minimum Gasteiger partial charge on any atom is -0.491 e. The van der Waals surface area contributed by atoms with E-state index in [-0.39, 0.29) is 18.0 Å². The number of benzene rings is 1. The van der Waals surface area contributed by atoms with Crippen LogP contribution in [0, 0.1) is 0 Å². The van der Waals surface area contributed by atoms with Gasteiger partial charge in [0.05, 0.1) is 12.6 Å². The van der Waals surface area contributed by atoms with Crippen LogP contribution in [0.5, 0.6) is 5.75 Å². The van der Waals surface area contributed by atoms with Gasteiger partial charge in [-0.25, -0.2) is 0 Å². The van der Waals surface area contributed by atoms with Crippen LogP contribution in [0.2, 0.25) is 0 Å². The molecule has 0 spiro atoms. The fourth-order valence-corrected chi connectivity index (χ4v) is 1.74. The Kier molecular flexibility index (Phi) is 4.86. The molecule has 7 heteroatoms. The lowest BCUT2D eigenvalue weighted by Gasteiger charge is -2.10. The van der Waals surface area contributed by atoms with Gasteiger partial charge in [-0.1, -0.05) is 18.1 Å². The molecule has 1 aromatic heterocycles. The summed E-state index contributed by atoms with van der Waals surface area (Å²) in [5, 5.41) is 14.3. The van der Waals surface area contributed by atoms with Crippen molar-refractivity contribution in [3.05, 3.63) is 29.8 Å². The van der Waals surface area contributed by atoms with Crippen molar-refractivity contribution in [1.82, 2.24) is 20.2 Å². The third-order valence-corrected chi connectivity index (χ3v) is 2.57. The highest BCUT2D eigenvalue weighted by Gasteiger charge is 2.11. The Hall–Kier alpha value is -2.44. The first-order chi connectivity index (χ1) is 10.1. The Bertz CT molecular complexity index is 609. The van der Waals surface area contributed by atoms with Gasteiger partial charge >= 0.3 is 0 Å². The zero-order valence-electron chi connectivity index (χ0n) is 12.4. The highest BCUT2D eigenvalue weighted by atomic mass is 16.5. The summed E-state index contributed by atoms with van der Waals surface area (Å²) in [7, 11) is 0. The Morgan fingerprint density at radius 2 is 2.24 bits per heavy atom. The largest absolute Gasteiger partial charge is 0.491 e. The molecule has 1 heterocycles. The summed E-state index contributed by atoms with van der Waals surface area (Å²) in [4.78, 5) is 13.6. The molecule has 1 N–H and O–H groups in total. The molecular formula is C14H19N5O2. The lowest BCUT2D eigenvalue weighted by atomic mass is 10.2. The van der Waals surface area contributed by atoms with Crippen LogP contribution in [0.4, 0.5) is 5.95 Å². The molecule has 0 radical (unpaired) electrons. The van der Waals surface area contributed by atoms with E-state index in [2.05, 4.69) is 20.7 Å². The fourth-order valence-electron chi connectivity index (χ4n) is 1.74. The molecule has 1 aromatic carbocycles. The maximum Gasteiger partial charge on any atom is 0.270 e. The summed E-state index contributed by atoms with van der Waals surface area (Å²) in [6.45, 7) is 6.55. The molecule has 0 atom stereocenters. The van der Waals surface area contributed by atoms with Gasteiger partial charge in [-0.15, -0.1) is 5.10 Å². The Morgan fingerprint density at radius 1 is 1.43 bits per heavy atom. The van der Waals surface area contributed by atoms with E-state index < -0.39 is 0 Å². The number of aryl methyl sites for hydroxylation is 1. The monoisotopic (exact) mass is 289 g/mol. The van der Waals surface area contributed by atoms with Crippen LogP contribution in [-0.2, 0) is 6.54 Å². The standard InChI is InChI=1S/C14H19N5O2/c1-4-8-19-17-14(16-18-19)15-13(20)11-6-5-7-12(9-11)21-10(2)3/h5-7,9-10H,4,8H2,1-3H3,(H,15,17,20). The molecule has 112 valence electrons. The SMILES string of the molecule is CCCn1nnc(NC(=O)c2cccc(OC(C)C)c2)n1. The molecule has 2 rings (SSSR count). The van der Waals surface area contributed by atoms with Crippen LogP contribution >= 0.6 is 0 Å². The summed E-state index contributed by atoms with van der Waals surface area (Å²) >= 11 is 0. The van der Waals surface area contributed by atoms with E-state index in [9.17, 15) is 4.79 Å². The number of nitrogens with one attached hydrogen (secondary N) is 1.